The lowest BCUT2D eigenvalue weighted by Crippen LogP contribution is -2.48. The van der Waals surface area contributed by atoms with E-state index in [0.29, 0.717) is 38.4 Å². The molecule has 6 nitrogen and oxygen atoms in total. The predicted octanol–water partition coefficient (Wildman–Crippen LogP) is 0.714. The lowest BCUT2D eigenvalue weighted by molar-refractivity contribution is -0.126. The number of piperidine rings is 1. The van der Waals surface area contributed by atoms with E-state index in [1.807, 2.05) is 0 Å². The van der Waals surface area contributed by atoms with E-state index in [1.54, 1.807) is 6.92 Å². The van der Waals surface area contributed by atoms with Gasteiger partial charge in [-0.05, 0) is 45.1 Å². The molecule has 0 radical (unpaired) electrons. The molecule has 3 N–H and O–H groups in total. The van der Waals surface area contributed by atoms with Crippen LogP contribution in [0.3, 0.4) is 0 Å². The van der Waals surface area contributed by atoms with Gasteiger partial charge in [-0.25, -0.2) is 12.7 Å². The second kappa shape index (κ2) is 8.47. The number of nitrogens with two attached hydrogens (primary N) is 1. The van der Waals surface area contributed by atoms with Crippen molar-refractivity contribution in [3.05, 3.63) is 0 Å². The molecule has 1 aliphatic heterocycles. The van der Waals surface area contributed by atoms with Gasteiger partial charge < -0.3 is 11.1 Å². The van der Waals surface area contributed by atoms with E-state index >= 15 is 0 Å². The quantitative estimate of drug-likeness (QED) is 0.761. The lowest BCUT2D eigenvalue weighted by Gasteiger charge is -2.32. The van der Waals surface area contributed by atoms with Crippen molar-refractivity contribution in [3.63, 3.8) is 0 Å². The summed E-state index contributed by atoms with van der Waals surface area (Å²) >= 11 is 0. The molecule has 1 heterocycles. The number of sulfonamides is 1. The SMILES string of the molecule is CCS(=O)(=O)N1CCC(NC(=O)[C@@H]2CCC[C@@H]2CN)CC1.Cl. The zero-order chi connectivity index (χ0) is 15.5. The fraction of sp³-hybridized carbons (Fsp3) is 0.929. The molecule has 0 aromatic rings. The molecule has 0 aromatic carbocycles. The highest BCUT2D eigenvalue weighted by molar-refractivity contribution is 7.89. The summed E-state index contributed by atoms with van der Waals surface area (Å²) in [5.41, 5.74) is 5.72. The summed E-state index contributed by atoms with van der Waals surface area (Å²) in [5, 5.41) is 3.10. The van der Waals surface area contributed by atoms with Gasteiger partial charge in [-0.3, -0.25) is 4.79 Å². The second-order valence-electron chi connectivity index (χ2n) is 6.12. The topological polar surface area (TPSA) is 92.5 Å². The van der Waals surface area contributed by atoms with Crippen LogP contribution in [0.2, 0.25) is 0 Å². The van der Waals surface area contributed by atoms with E-state index in [2.05, 4.69) is 5.32 Å². The number of nitrogens with zero attached hydrogens (tertiary/aromatic N) is 1. The lowest BCUT2D eigenvalue weighted by atomic mass is 9.94. The monoisotopic (exact) mass is 353 g/mol. The van der Waals surface area contributed by atoms with E-state index < -0.39 is 10.0 Å². The van der Waals surface area contributed by atoms with Crippen molar-refractivity contribution in [2.75, 3.05) is 25.4 Å². The van der Waals surface area contributed by atoms with Gasteiger partial charge in [0.05, 0.1) is 5.75 Å². The number of carbonyl (C=O) groups excluding carboxylic acids is 1. The number of rotatable bonds is 5. The van der Waals surface area contributed by atoms with Crippen molar-refractivity contribution in [2.45, 2.75) is 45.1 Å². The van der Waals surface area contributed by atoms with Crippen molar-refractivity contribution < 1.29 is 13.2 Å². The van der Waals surface area contributed by atoms with Crippen molar-refractivity contribution in [1.82, 2.24) is 9.62 Å². The summed E-state index contributed by atoms with van der Waals surface area (Å²) in [4.78, 5) is 12.3. The van der Waals surface area contributed by atoms with Crippen LogP contribution in [-0.4, -0.2) is 50.1 Å². The largest absolute Gasteiger partial charge is 0.353 e. The molecule has 2 rings (SSSR count). The smallest absolute Gasteiger partial charge is 0.223 e. The highest BCUT2D eigenvalue weighted by atomic mass is 35.5. The van der Waals surface area contributed by atoms with Crippen LogP contribution in [0.4, 0.5) is 0 Å². The maximum absolute atomic E-state index is 12.3. The van der Waals surface area contributed by atoms with Gasteiger partial charge in [0, 0.05) is 25.0 Å². The molecule has 0 aromatic heterocycles. The number of amides is 1. The molecule has 22 heavy (non-hydrogen) atoms. The molecule has 0 unspecified atom stereocenters. The Morgan fingerprint density at radius 2 is 1.86 bits per heavy atom. The molecule has 1 saturated heterocycles. The summed E-state index contributed by atoms with van der Waals surface area (Å²) in [5.74, 6) is 0.613. The van der Waals surface area contributed by atoms with Gasteiger partial charge >= 0.3 is 0 Å². The first kappa shape index (κ1) is 19.7. The first-order valence-electron chi connectivity index (χ1n) is 7.96. The average molecular weight is 354 g/mol. The summed E-state index contributed by atoms with van der Waals surface area (Å²) in [7, 11) is -3.10. The first-order valence-corrected chi connectivity index (χ1v) is 9.57. The van der Waals surface area contributed by atoms with Crippen LogP contribution < -0.4 is 11.1 Å². The molecule has 0 bridgehead atoms. The molecular weight excluding hydrogens is 326 g/mol. The van der Waals surface area contributed by atoms with Gasteiger partial charge in [-0.1, -0.05) is 6.42 Å². The van der Waals surface area contributed by atoms with Gasteiger partial charge in [0.25, 0.3) is 0 Å². The molecule has 130 valence electrons. The molecule has 2 aliphatic rings. The van der Waals surface area contributed by atoms with Crippen molar-refractivity contribution in [2.24, 2.45) is 17.6 Å². The minimum atomic E-state index is -3.10. The Bertz CT molecular complexity index is 464. The summed E-state index contributed by atoms with van der Waals surface area (Å²) in [6.07, 6.45) is 4.45. The van der Waals surface area contributed by atoms with Crippen LogP contribution in [0.25, 0.3) is 0 Å². The third kappa shape index (κ3) is 4.57. The normalized spacial score (nSPS) is 27.4. The van der Waals surface area contributed by atoms with Gasteiger partial charge in [0.2, 0.25) is 15.9 Å². The molecule has 1 saturated carbocycles. The van der Waals surface area contributed by atoms with E-state index in [1.165, 1.54) is 4.31 Å². The van der Waals surface area contributed by atoms with Crippen molar-refractivity contribution >= 4 is 28.3 Å². The highest BCUT2D eigenvalue weighted by Gasteiger charge is 2.34. The summed E-state index contributed by atoms with van der Waals surface area (Å²) in [6.45, 7) is 3.25. The average Bonchev–Trinajstić information content (AvgIpc) is 2.96. The zero-order valence-electron chi connectivity index (χ0n) is 13.2. The fourth-order valence-corrected chi connectivity index (χ4v) is 4.57. The molecule has 1 aliphatic carbocycles. The van der Waals surface area contributed by atoms with Crippen molar-refractivity contribution in [1.29, 1.82) is 0 Å². The Morgan fingerprint density at radius 1 is 1.23 bits per heavy atom. The number of halogens is 1. The standard InChI is InChI=1S/C14H27N3O3S.ClH/c1-2-21(19,20)17-8-6-12(7-9-17)16-14(18)13-5-3-4-11(13)10-15;/h11-13H,2-10,15H2,1H3,(H,16,18);1H/t11-,13-;/m1./s1. The summed E-state index contributed by atoms with van der Waals surface area (Å²) in [6, 6.07) is 0.0971. The predicted molar refractivity (Wildman–Crippen MR) is 89.3 cm³/mol. The summed E-state index contributed by atoms with van der Waals surface area (Å²) < 4.78 is 25.1. The molecular formula is C14H28ClN3O3S. The van der Waals surface area contributed by atoms with Crippen LogP contribution in [0.5, 0.6) is 0 Å². The van der Waals surface area contributed by atoms with Gasteiger partial charge in [0.15, 0.2) is 0 Å². The van der Waals surface area contributed by atoms with E-state index in [-0.39, 0.29) is 36.0 Å². The number of hydrogen-bond donors (Lipinski definition) is 2. The zero-order valence-corrected chi connectivity index (χ0v) is 14.8. The minimum absolute atomic E-state index is 0. The van der Waals surface area contributed by atoms with Gasteiger partial charge in [0.1, 0.15) is 0 Å². The number of hydrogen-bond acceptors (Lipinski definition) is 4. The fourth-order valence-electron chi connectivity index (χ4n) is 3.43. The Kier molecular flexibility index (Phi) is 7.58. The third-order valence-electron chi connectivity index (χ3n) is 4.86. The van der Waals surface area contributed by atoms with E-state index in [0.717, 1.165) is 19.3 Å². The molecule has 1 amide bonds. The maximum atomic E-state index is 12.3. The van der Waals surface area contributed by atoms with Crippen LogP contribution >= 0.6 is 12.4 Å². The molecule has 8 heteroatoms. The van der Waals surface area contributed by atoms with E-state index in [9.17, 15) is 13.2 Å². The Labute approximate surface area is 139 Å². The Morgan fingerprint density at radius 3 is 2.41 bits per heavy atom. The van der Waals surface area contributed by atoms with Crippen LogP contribution in [0, 0.1) is 11.8 Å². The van der Waals surface area contributed by atoms with Gasteiger partial charge in [-0.15, -0.1) is 12.4 Å². The third-order valence-corrected chi connectivity index (χ3v) is 6.74. The minimum Gasteiger partial charge on any atom is -0.353 e. The van der Waals surface area contributed by atoms with E-state index in [4.69, 9.17) is 5.73 Å². The number of carbonyl (C=O) groups is 1. The Balaban J connectivity index is 0.00000242. The second-order valence-corrected chi connectivity index (χ2v) is 8.37. The van der Waals surface area contributed by atoms with Crippen molar-refractivity contribution in [3.8, 4) is 0 Å². The molecule has 2 fully saturated rings. The molecule has 0 spiro atoms. The Hall–Kier alpha value is -0.370. The first-order chi connectivity index (χ1) is 9.97. The molecule has 2 atom stereocenters. The van der Waals surface area contributed by atoms with Gasteiger partial charge in [-0.2, -0.15) is 0 Å². The van der Waals surface area contributed by atoms with Crippen LogP contribution in [0.1, 0.15) is 39.0 Å². The maximum Gasteiger partial charge on any atom is 0.223 e. The highest BCUT2D eigenvalue weighted by Crippen LogP contribution is 2.31. The van der Waals surface area contributed by atoms with Crippen LogP contribution in [-0.2, 0) is 14.8 Å². The van der Waals surface area contributed by atoms with Crippen LogP contribution in [0.15, 0.2) is 0 Å². The number of nitrogens with one attached hydrogen (secondary N) is 1.